The highest BCUT2D eigenvalue weighted by Gasteiger charge is 2.20. The first-order chi connectivity index (χ1) is 15.6. The summed E-state index contributed by atoms with van der Waals surface area (Å²) in [7, 11) is 0. The SMILES string of the molecule is CCC(C(=O)Nc1ccc(-c2ccc(-c3ccccc3)cc2)c(C(N)=O)c1)c1cccs1. The number of primary amides is 1. The standard InChI is InChI=1S/C27H24N2O2S/c1-2-22(25-9-6-16-32-25)27(31)29-21-14-15-23(24(17-21)26(28)30)20-12-10-19(11-13-20)18-7-4-3-5-8-18/h3-17,22H,2H2,1H3,(H2,28,30)(H,29,31). The quantitative estimate of drug-likeness (QED) is 0.353. The second-order valence-corrected chi connectivity index (χ2v) is 8.51. The van der Waals surface area contributed by atoms with E-state index in [1.165, 1.54) is 0 Å². The van der Waals surface area contributed by atoms with Crippen molar-refractivity contribution in [1.29, 1.82) is 0 Å². The topological polar surface area (TPSA) is 72.2 Å². The highest BCUT2D eigenvalue weighted by molar-refractivity contribution is 7.10. The van der Waals surface area contributed by atoms with Gasteiger partial charge in [-0.2, -0.15) is 0 Å². The van der Waals surface area contributed by atoms with E-state index >= 15 is 0 Å². The van der Waals surface area contributed by atoms with Crippen molar-refractivity contribution in [2.45, 2.75) is 19.3 Å². The van der Waals surface area contributed by atoms with Crippen LogP contribution in [0.3, 0.4) is 0 Å². The van der Waals surface area contributed by atoms with E-state index in [1.54, 1.807) is 17.4 Å². The average Bonchev–Trinajstić information content (AvgIpc) is 3.35. The Bertz CT molecular complexity index is 1220. The van der Waals surface area contributed by atoms with Crippen LogP contribution in [0.25, 0.3) is 22.3 Å². The van der Waals surface area contributed by atoms with Gasteiger partial charge in [-0.3, -0.25) is 9.59 Å². The number of amides is 2. The zero-order valence-corrected chi connectivity index (χ0v) is 18.6. The number of rotatable bonds is 7. The lowest BCUT2D eigenvalue weighted by molar-refractivity contribution is -0.117. The molecule has 2 amide bonds. The van der Waals surface area contributed by atoms with E-state index in [4.69, 9.17) is 5.73 Å². The third-order valence-corrected chi connectivity index (χ3v) is 6.45. The lowest BCUT2D eigenvalue weighted by atomic mass is 9.96. The zero-order valence-electron chi connectivity index (χ0n) is 17.7. The first kappa shape index (κ1) is 21.5. The fraction of sp³-hybridized carbons (Fsp3) is 0.111. The van der Waals surface area contributed by atoms with Crippen molar-refractivity contribution >= 4 is 28.8 Å². The summed E-state index contributed by atoms with van der Waals surface area (Å²) in [5, 5.41) is 4.91. The van der Waals surface area contributed by atoms with Gasteiger partial charge in [-0.15, -0.1) is 11.3 Å². The Hall–Kier alpha value is -3.70. The largest absolute Gasteiger partial charge is 0.366 e. The summed E-state index contributed by atoms with van der Waals surface area (Å²) in [5.74, 6) is -0.851. The average molecular weight is 441 g/mol. The molecule has 3 aromatic carbocycles. The van der Waals surface area contributed by atoms with Crippen LogP contribution in [0.4, 0.5) is 5.69 Å². The fourth-order valence-corrected chi connectivity index (χ4v) is 4.69. The Labute approximate surface area is 191 Å². The van der Waals surface area contributed by atoms with Gasteiger partial charge in [0.2, 0.25) is 11.8 Å². The van der Waals surface area contributed by atoms with Crippen molar-refractivity contribution < 1.29 is 9.59 Å². The molecule has 4 aromatic rings. The Morgan fingerprint density at radius 2 is 1.56 bits per heavy atom. The second-order valence-electron chi connectivity index (χ2n) is 7.53. The fourth-order valence-electron chi connectivity index (χ4n) is 3.79. The molecule has 0 aliphatic heterocycles. The van der Waals surface area contributed by atoms with Crippen LogP contribution in [-0.2, 0) is 4.79 Å². The molecule has 0 saturated carbocycles. The van der Waals surface area contributed by atoms with Crippen LogP contribution in [0.5, 0.6) is 0 Å². The second kappa shape index (κ2) is 9.62. The first-order valence-electron chi connectivity index (χ1n) is 10.5. The monoisotopic (exact) mass is 440 g/mol. The maximum absolute atomic E-state index is 12.8. The molecular formula is C27H24N2O2S. The number of hydrogen-bond acceptors (Lipinski definition) is 3. The Morgan fingerprint density at radius 3 is 2.19 bits per heavy atom. The Morgan fingerprint density at radius 1 is 0.875 bits per heavy atom. The van der Waals surface area contributed by atoms with Gasteiger partial charge >= 0.3 is 0 Å². The van der Waals surface area contributed by atoms with Crippen LogP contribution in [0.2, 0.25) is 0 Å². The molecule has 160 valence electrons. The number of carbonyl (C=O) groups is 2. The number of anilines is 1. The molecule has 0 bridgehead atoms. The van der Waals surface area contributed by atoms with Crippen molar-refractivity contribution in [2.24, 2.45) is 5.73 Å². The molecule has 4 nitrogen and oxygen atoms in total. The van der Waals surface area contributed by atoms with E-state index in [1.807, 2.05) is 79.0 Å². The molecule has 0 aliphatic rings. The summed E-state index contributed by atoms with van der Waals surface area (Å²) in [6.45, 7) is 1.99. The van der Waals surface area contributed by atoms with Gasteiger partial charge in [-0.05, 0) is 52.3 Å². The van der Waals surface area contributed by atoms with Crippen molar-refractivity contribution in [1.82, 2.24) is 0 Å². The van der Waals surface area contributed by atoms with Crippen LogP contribution < -0.4 is 11.1 Å². The van der Waals surface area contributed by atoms with E-state index < -0.39 is 5.91 Å². The highest BCUT2D eigenvalue weighted by Crippen LogP contribution is 2.30. The number of thiophene rings is 1. The zero-order chi connectivity index (χ0) is 22.5. The van der Waals surface area contributed by atoms with Crippen LogP contribution in [0.15, 0.2) is 90.3 Å². The summed E-state index contributed by atoms with van der Waals surface area (Å²) in [6, 6.07) is 27.3. The van der Waals surface area contributed by atoms with Crippen LogP contribution >= 0.6 is 11.3 Å². The molecule has 0 saturated heterocycles. The van der Waals surface area contributed by atoms with Gasteiger partial charge < -0.3 is 11.1 Å². The molecule has 3 N–H and O–H groups in total. The highest BCUT2D eigenvalue weighted by atomic mass is 32.1. The van der Waals surface area contributed by atoms with Crippen molar-refractivity contribution in [2.75, 3.05) is 5.32 Å². The molecular weight excluding hydrogens is 416 g/mol. The van der Waals surface area contributed by atoms with E-state index in [0.29, 0.717) is 17.7 Å². The van der Waals surface area contributed by atoms with Crippen LogP contribution in [0, 0.1) is 0 Å². The van der Waals surface area contributed by atoms with Crippen molar-refractivity contribution in [3.63, 3.8) is 0 Å². The first-order valence-corrected chi connectivity index (χ1v) is 11.4. The number of nitrogens with one attached hydrogen (secondary N) is 1. The lowest BCUT2D eigenvalue weighted by Crippen LogP contribution is -2.20. The predicted octanol–water partition coefficient (Wildman–Crippen LogP) is 6.31. The maximum Gasteiger partial charge on any atom is 0.249 e. The van der Waals surface area contributed by atoms with Gasteiger partial charge in [0, 0.05) is 16.1 Å². The number of hydrogen-bond donors (Lipinski definition) is 2. The van der Waals surface area contributed by atoms with E-state index in [-0.39, 0.29) is 11.8 Å². The molecule has 32 heavy (non-hydrogen) atoms. The molecule has 0 radical (unpaired) electrons. The minimum atomic E-state index is -0.534. The van der Waals surface area contributed by atoms with Gasteiger partial charge in [-0.25, -0.2) is 0 Å². The third kappa shape index (κ3) is 4.63. The maximum atomic E-state index is 12.8. The summed E-state index contributed by atoms with van der Waals surface area (Å²) >= 11 is 1.57. The molecule has 0 fully saturated rings. The number of nitrogens with two attached hydrogens (primary N) is 1. The van der Waals surface area contributed by atoms with Crippen LogP contribution in [0.1, 0.15) is 34.5 Å². The van der Waals surface area contributed by atoms with Gasteiger partial charge in [0.1, 0.15) is 0 Å². The molecule has 1 aromatic heterocycles. The molecule has 1 unspecified atom stereocenters. The van der Waals surface area contributed by atoms with Gasteiger partial charge in [0.05, 0.1) is 5.92 Å². The third-order valence-electron chi connectivity index (χ3n) is 5.47. The van der Waals surface area contributed by atoms with Crippen LogP contribution in [-0.4, -0.2) is 11.8 Å². The minimum absolute atomic E-state index is 0.0923. The Kier molecular flexibility index (Phi) is 6.47. The normalized spacial score (nSPS) is 11.7. The number of carbonyl (C=O) groups excluding carboxylic acids is 2. The smallest absolute Gasteiger partial charge is 0.249 e. The lowest BCUT2D eigenvalue weighted by Gasteiger charge is -2.15. The van der Waals surface area contributed by atoms with Gasteiger partial charge in [0.25, 0.3) is 0 Å². The summed E-state index contributed by atoms with van der Waals surface area (Å²) in [4.78, 5) is 26.1. The van der Waals surface area contributed by atoms with Crippen molar-refractivity contribution in [3.8, 4) is 22.3 Å². The predicted molar refractivity (Wildman–Crippen MR) is 132 cm³/mol. The van der Waals surface area contributed by atoms with Gasteiger partial charge in [-0.1, -0.05) is 73.7 Å². The molecule has 1 heterocycles. The molecule has 0 aliphatic carbocycles. The van der Waals surface area contributed by atoms with Gasteiger partial charge in [0.15, 0.2) is 0 Å². The summed E-state index contributed by atoms with van der Waals surface area (Å²) in [6.07, 6.45) is 0.695. The number of benzene rings is 3. The molecule has 0 spiro atoms. The summed E-state index contributed by atoms with van der Waals surface area (Å²) < 4.78 is 0. The summed E-state index contributed by atoms with van der Waals surface area (Å²) in [5.41, 5.74) is 10.5. The van der Waals surface area contributed by atoms with E-state index in [0.717, 1.165) is 27.1 Å². The molecule has 4 rings (SSSR count). The van der Waals surface area contributed by atoms with E-state index in [2.05, 4.69) is 17.4 Å². The minimum Gasteiger partial charge on any atom is -0.366 e. The van der Waals surface area contributed by atoms with E-state index in [9.17, 15) is 9.59 Å². The Balaban J connectivity index is 1.59. The molecule has 1 atom stereocenters. The molecule has 5 heteroatoms. The van der Waals surface area contributed by atoms with Crippen molar-refractivity contribution in [3.05, 3.63) is 101 Å².